The van der Waals surface area contributed by atoms with E-state index in [0.717, 1.165) is 9.13 Å². The maximum atomic E-state index is 12.7. The summed E-state index contributed by atoms with van der Waals surface area (Å²) >= 11 is 5.78. The third kappa shape index (κ3) is 6.98. The summed E-state index contributed by atoms with van der Waals surface area (Å²) in [5, 5.41) is 12.3. The maximum Gasteiger partial charge on any atom is 0.266 e. The molecule has 0 heterocycles. The Balaban J connectivity index is 1.82. The van der Waals surface area contributed by atoms with E-state index in [4.69, 9.17) is 14.2 Å². The van der Waals surface area contributed by atoms with Gasteiger partial charge in [0.2, 0.25) is 0 Å². The Morgan fingerprint density at radius 2 is 1.76 bits per heavy atom. The van der Waals surface area contributed by atoms with Crippen LogP contribution in [0.1, 0.15) is 18.1 Å². The first-order valence-corrected chi connectivity index (χ1v) is 12.2. The number of halogens is 2. The molecule has 0 unspecified atom stereocenters. The molecule has 34 heavy (non-hydrogen) atoms. The van der Waals surface area contributed by atoms with Crippen LogP contribution in [0.2, 0.25) is 0 Å². The van der Waals surface area contributed by atoms with Gasteiger partial charge >= 0.3 is 0 Å². The monoisotopic (exact) mass is 632 g/mol. The summed E-state index contributed by atoms with van der Waals surface area (Å²) < 4.78 is 18.7. The molecule has 0 atom stereocenters. The largest absolute Gasteiger partial charge is 0.497 e. The second-order valence-electron chi connectivity index (χ2n) is 7.02. The van der Waals surface area contributed by atoms with Crippen molar-refractivity contribution in [1.29, 1.82) is 5.26 Å². The lowest BCUT2D eigenvalue weighted by molar-refractivity contribution is -0.112. The summed E-state index contributed by atoms with van der Waals surface area (Å²) in [5.41, 5.74) is 2.16. The van der Waals surface area contributed by atoms with Crippen molar-refractivity contribution in [3.63, 3.8) is 0 Å². The van der Waals surface area contributed by atoms with Gasteiger partial charge in [-0.2, -0.15) is 5.26 Å². The van der Waals surface area contributed by atoms with Crippen molar-refractivity contribution >= 4 is 56.2 Å². The van der Waals surface area contributed by atoms with Crippen LogP contribution in [0.15, 0.2) is 70.7 Å². The Morgan fingerprint density at radius 1 is 1.09 bits per heavy atom. The van der Waals surface area contributed by atoms with Crippen LogP contribution in [0, 0.1) is 14.9 Å². The molecule has 0 aliphatic carbocycles. The van der Waals surface area contributed by atoms with Crippen molar-refractivity contribution in [2.75, 3.05) is 19.0 Å². The molecule has 0 aromatic heterocycles. The van der Waals surface area contributed by atoms with Crippen molar-refractivity contribution < 1.29 is 19.0 Å². The van der Waals surface area contributed by atoms with E-state index >= 15 is 0 Å². The highest BCUT2D eigenvalue weighted by molar-refractivity contribution is 14.1. The molecule has 0 radical (unpaired) electrons. The minimum absolute atomic E-state index is 0.0495. The molecule has 174 valence electrons. The smallest absolute Gasteiger partial charge is 0.266 e. The summed E-state index contributed by atoms with van der Waals surface area (Å²) in [6.07, 6.45) is 1.51. The van der Waals surface area contributed by atoms with Crippen LogP contribution >= 0.6 is 38.5 Å². The minimum Gasteiger partial charge on any atom is -0.497 e. The van der Waals surface area contributed by atoms with Gasteiger partial charge in [0, 0.05) is 13.7 Å². The Hall–Kier alpha value is -3.03. The highest BCUT2D eigenvalue weighted by Gasteiger charge is 2.14. The van der Waals surface area contributed by atoms with Gasteiger partial charge in [-0.1, -0.05) is 28.1 Å². The molecule has 0 saturated heterocycles. The van der Waals surface area contributed by atoms with Crippen LogP contribution in [0.4, 0.5) is 5.69 Å². The first-order chi connectivity index (χ1) is 16.4. The van der Waals surface area contributed by atoms with Gasteiger partial charge in [-0.3, -0.25) is 4.79 Å². The molecule has 6 nitrogen and oxygen atoms in total. The van der Waals surface area contributed by atoms with Gasteiger partial charge < -0.3 is 19.5 Å². The number of amides is 1. The Bertz CT molecular complexity index is 1220. The molecule has 3 aromatic carbocycles. The zero-order valence-electron chi connectivity index (χ0n) is 18.6. The number of rotatable bonds is 9. The SMILES string of the molecule is CCOc1cc(/C=C(\C#N)C(=O)Nc2ccc(OC)cc2)c(Br)cc1OCc1ccc(I)cc1. The number of anilines is 1. The first-order valence-electron chi connectivity index (χ1n) is 10.3. The Labute approximate surface area is 220 Å². The van der Waals surface area contributed by atoms with E-state index in [0.29, 0.717) is 46.2 Å². The van der Waals surface area contributed by atoms with Gasteiger partial charge in [-0.05, 0) is 95.2 Å². The fourth-order valence-electron chi connectivity index (χ4n) is 2.96. The van der Waals surface area contributed by atoms with Crippen LogP contribution in [-0.4, -0.2) is 19.6 Å². The van der Waals surface area contributed by atoms with Gasteiger partial charge in [0.25, 0.3) is 5.91 Å². The number of methoxy groups -OCH3 is 1. The molecule has 0 aliphatic rings. The van der Waals surface area contributed by atoms with Crippen molar-refractivity contribution in [1.82, 2.24) is 0 Å². The molecule has 3 aromatic rings. The van der Waals surface area contributed by atoms with E-state index in [9.17, 15) is 10.1 Å². The van der Waals surface area contributed by atoms with Gasteiger partial charge in [0.05, 0.1) is 13.7 Å². The van der Waals surface area contributed by atoms with E-state index in [2.05, 4.69) is 43.8 Å². The highest BCUT2D eigenvalue weighted by Crippen LogP contribution is 2.35. The molecule has 0 spiro atoms. The van der Waals surface area contributed by atoms with E-state index in [-0.39, 0.29) is 5.57 Å². The lowest BCUT2D eigenvalue weighted by Gasteiger charge is -2.14. The minimum atomic E-state index is -0.517. The molecule has 3 rings (SSSR count). The Kier molecular flexibility index (Phi) is 9.36. The number of ether oxygens (including phenoxy) is 3. The quantitative estimate of drug-likeness (QED) is 0.164. The lowest BCUT2D eigenvalue weighted by atomic mass is 10.1. The summed E-state index contributed by atoms with van der Waals surface area (Å²) in [6, 6.07) is 20.4. The number of hydrogen-bond donors (Lipinski definition) is 1. The maximum absolute atomic E-state index is 12.7. The predicted octanol–water partition coefficient (Wildman–Crippen LogP) is 6.59. The number of nitriles is 1. The average Bonchev–Trinajstić information content (AvgIpc) is 2.84. The summed E-state index contributed by atoms with van der Waals surface area (Å²) in [6.45, 7) is 2.70. The molecular formula is C26H22BrIN2O4. The van der Waals surface area contributed by atoms with Crippen LogP contribution < -0.4 is 19.5 Å². The first kappa shape index (κ1) is 25.6. The topological polar surface area (TPSA) is 80.6 Å². The van der Waals surface area contributed by atoms with Crippen LogP contribution in [-0.2, 0) is 11.4 Å². The summed E-state index contributed by atoms with van der Waals surface area (Å²) in [4.78, 5) is 12.7. The number of benzene rings is 3. The number of carbonyl (C=O) groups is 1. The fraction of sp³-hybridized carbons (Fsp3) is 0.154. The summed E-state index contributed by atoms with van der Waals surface area (Å²) in [5.74, 6) is 1.24. The molecule has 0 saturated carbocycles. The van der Waals surface area contributed by atoms with E-state index in [1.165, 1.54) is 6.08 Å². The highest BCUT2D eigenvalue weighted by atomic mass is 127. The molecule has 1 amide bonds. The standard InChI is InChI=1S/C26H22BrIN2O4/c1-3-33-24-13-18(23(27)14-25(24)34-16-17-4-6-20(28)7-5-17)12-19(15-29)26(31)30-21-8-10-22(32-2)11-9-21/h4-14H,3,16H2,1-2H3,(H,30,31)/b19-12+. The van der Waals surface area contributed by atoms with Crippen LogP contribution in [0.5, 0.6) is 17.2 Å². The van der Waals surface area contributed by atoms with Gasteiger partial charge in [0.15, 0.2) is 11.5 Å². The normalized spacial score (nSPS) is 10.9. The Morgan fingerprint density at radius 3 is 2.38 bits per heavy atom. The van der Waals surface area contributed by atoms with Crippen molar-refractivity contribution in [3.8, 4) is 23.3 Å². The van der Waals surface area contributed by atoms with Gasteiger partial charge in [-0.25, -0.2) is 0 Å². The van der Waals surface area contributed by atoms with Crippen LogP contribution in [0.25, 0.3) is 6.08 Å². The lowest BCUT2D eigenvalue weighted by Crippen LogP contribution is -2.13. The van der Waals surface area contributed by atoms with Crippen molar-refractivity contribution in [3.05, 3.63) is 85.4 Å². The van der Waals surface area contributed by atoms with E-state index < -0.39 is 5.91 Å². The number of hydrogen-bond acceptors (Lipinski definition) is 5. The van der Waals surface area contributed by atoms with Crippen LogP contribution in [0.3, 0.4) is 0 Å². The average molecular weight is 633 g/mol. The van der Waals surface area contributed by atoms with Gasteiger partial charge in [-0.15, -0.1) is 0 Å². The fourth-order valence-corrected chi connectivity index (χ4v) is 3.76. The molecule has 8 heteroatoms. The zero-order chi connectivity index (χ0) is 24.5. The second kappa shape index (κ2) is 12.4. The number of nitrogens with one attached hydrogen (secondary N) is 1. The zero-order valence-corrected chi connectivity index (χ0v) is 22.3. The third-order valence-electron chi connectivity index (χ3n) is 4.68. The number of carbonyl (C=O) groups excluding carboxylic acids is 1. The molecule has 1 N–H and O–H groups in total. The van der Waals surface area contributed by atoms with Gasteiger partial charge in [0.1, 0.15) is 24.0 Å². The van der Waals surface area contributed by atoms with E-state index in [1.807, 2.05) is 37.3 Å². The van der Waals surface area contributed by atoms with Crippen molar-refractivity contribution in [2.24, 2.45) is 0 Å². The summed E-state index contributed by atoms with van der Waals surface area (Å²) in [7, 11) is 1.57. The second-order valence-corrected chi connectivity index (χ2v) is 9.12. The molecule has 0 fully saturated rings. The van der Waals surface area contributed by atoms with Crippen molar-refractivity contribution in [2.45, 2.75) is 13.5 Å². The molecule has 0 aliphatic heterocycles. The van der Waals surface area contributed by atoms with E-state index in [1.54, 1.807) is 43.5 Å². The molecule has 0 bridgehead atoms. The predicted molar refractivity (Wildman–Crippen MR) is 144 cm³/mol. The molecular weight excluding hydrogens is 611 g/mol. The number of nitrogens with zero attached hydrogens (tertiary/aromatic N) is 1. The third-order valence-corrected chi connectivity index (χ3v) is 6.09.